The largest absolute Gasteiger partial charge is 0.481 e. The van der Waals surface area contributed by atoms with Crippen molar-refractivity contribution in [2.24, 2.45) is 0 Å². The van der Waals surface area contributed by atoms with Gasteiger partial charge < -0.3 is 5.11 Å². The van der Waals surface area contributed by atoms with Gasteiger partial charge in [-0.25, -0.2) is 13.4 Å². The van der Waals surface area contributed by atoms with Crippen LogP contribution >= 0.6 is 11.3 Å². The first-order valence-electron chi connectivity index (χ1n) is 5.49. The number of thiazole rings is 1. The monoisotopic (exact) mass is 292 g/mol. The molecule has 0 saturated carbocycles. The molecule has 0 spiro atoms. The second-order valence-electron chi connectivity index (χ2n) is 4.09. The van der Waals surface area contributed by atoms with E-state index in [9.17, 15) is 13.2 Å². The van der Waals surface area contributed by atoms with Gasteiger partial charge in [-0.05, 0) is 26.7 Å². The van der Waals surface area contributed by atoms with Gasteiger partial charge in [-0.1, -0.05) is 0 Å². The maximum Gasteiger partial charge on any atom is 0.303 e. The van der Waals surface area contributed by atoms with Gasteiger partial charge in [0.1, 0.15) is 0 Å². The van der Waals surface area contributed by atoms with E-state index in [1.54, 1.807) is 19.2 Å². The van der Waals surface area contributed by atoms with Crippen molar-refractivity contribution in [1.29, 1.82) is 0 Å². The van der Waals surface area contributed by atoms with E-state index in [1.165, 1.54) is 11.3 Å². The fourth-order valence-corrected chi connectivity index (χ4v) is 2.78. The Morgan fingerprint density at radius 2 is 2.22 bits per heavy atom. The summed E-state index contributed by atoms with van der Waals surface area (Å²) in [6.07, 6.45) is 1.12. The molecule has 2 N–H and O–H groups in total. The quantitative estimate of drug-likeness (QED) is 0.797. The SMILES string of the molecule is CC(C)S(=O)(=O)Nc1nc(CCCC(=O)O)cs1. The number of carboxylic acids is 1. The number of anilines is 1. The molecule has 8 heteroatoms. The Labute approximate surface area is 110 Å². The number of carbonyl (C=O) groups is 1. The average Bonchev–Trinajstić information content (AvgIpc) is 2.64. The van der Waals surface area contributed by atoms with E-state index in [0.717, 1.165) is 0 Å². The molecule has 0 bridgehead atoms. The van der Waals surface area contributed by atoms with Crippen LogP contribution < -0.4 is 4.72 Å². The maximum absolute atomic E-state index is 11.6. The smallest absolute Gasteiger partial charge is 0.303 e. The molecule has 0 radical (unpaired) electrons. The van der Waals surface area contributed by atoms with Gasteiger partial charge in [0.15, 0.2) is 5.13 Å². The molecule has 102 valence electrons. The standard InChI is InChI=1S/C10H16N2O4S2/c1-7(2)18(15,16)12-10-11-8(6-17-10)4-3-5-9(13)14/h6-7H,3-5H2,1-2H3,(H,11,12)(H,13,14). The highest BCUT2D eigenvalue weighted by molar-refractivity contribution is 7.93. The summed E-state index contributed by atoms with van der Waals surface area (Å²) in [4.78, 5) is 14.5. The molecule has 1 heterocycles. The fourth-order valence-electron chi connectivity index (χ4n) is 1.13. The van der Waals surface area contributed by atoms with Crippen molar-refractivity contribution >= 4 is 32.5 Å². The van der Waals surface area contributed by atoms with Crippen molar-refractivity contribution in [2.75, 3.05) is 4.72 Å². The lowest BCUT2D eigenvalue weighted by Gasteiger charge is -2.07. The van der Waals surface area contributed by atoms with Crippen molar-refractivity contribution in [3.63, 3.8) is 0 Å². The first-order chi connectivity index (χ1) is 8.31. The molecule has 6 nitrogen and oxygen atoms in total. The number of aromatic nitrogens is 1. The predicted molar refractivity (Wildman–Crippen MR) is 70.4 cm³/mol. The third kappa shape index (κ3) is 4.61. The summed E-state index contributed by atoms with van der Waals surface area (Å²) in [5.74, 6) is -0.842. The van der Waals surface area contributed by atoms with Gasteiger partial charge in [-0.15, -0.1) is 11.3 Å². The van der Waals surface area contributed by atoms with Crippen molar-refractivity contribution in [3.05, 3.63) is 11.1 Å². The number of aliphatic carboxylic acids is 1. The highest BCUT2D eigenvalue weighted by Crippen LogP contribution is 2.19. The summed E-state index contributed by atoms with van der Waals surface area (Å²) in [6.45, 7) is 3.17. The Balaban J connectivity index is 2.56. The molecule has 1 aromatic heterocycles. The van der Waals surface area contributed by atoms with Crippen LogP contribution in [-0.2, 0) is 21.2 Å². The van der Waals surface area contributed by atoms with Gasteiger partial charge >= 0.3 is 5.97 Å². The van der Waals surface area contributed by atoms with Gasteiger partial charge in [-0.3, -0.25) is 9.52 Å². The van der Waals surface area contributed by atoms with E-state index in [-0.39, 0.29) is 6.42 Å². The lowest BCUT2D eigenvalue weighted by atomic mass is 10.2. The van der Waals surface area contributed by atoms with Crippen molar-refractivity contribution in [1.82, 2.24) is 4.98 Å². The second kappa shape index (κ2) is 6.14. The zero-order valence-electron chi connectivity index (χ0n) is 10.2. The molecule has 0 unspecified atom stereocenters. The first kappa shape index (κ1) is 14.9. The summed E-state index contributed by atoms with van der Waals surface area (Å²) in [5.41, 5.74) is 0.711. The Morgan fingerprint density at radius 1 is 1.56 bits per heavy atom. The first-order valence-corrected chi connectivity index (χ1v) is 7.91. The van der Waals surface area contributed by atoms with Crippen LogP contribution in [0.5, 0.6) is 0 Å². The number of rotatable bonds is 7. The molecule has 0 fully saturated rings. The fraction of sp³-hybridized carbons (Fsp3) is 0.600. The van der Waals surface area contributed by atoms with Crippen molar-refractivity contribution in [2.45, 2.75) is 38.4 Å². The minimum absolute atomic E-state index is 0.0879. The molecule has 0 atom stereocenters. The number of sulfonamides is 1. The minimum Gasteiger partial charge on any atom is -0.481 e. The van der Waals surface area contributed by atoms with Crippen LogP contribution in [-0.4, -0.2) is 29.7 Å². The molecule has 0 aliphatic rings. The van der Waals surface area contributed by atoms with Crippen LogP contribution in [0.3, 0.4) is 0 Å². The minimum atomic E-state index is -3.37. The van der Waals surface area contributed by atoms with E-state index in [0.29, 0.717) is 23.7 Å². The molecule has 0 aromatic carbocycles. The zero-order valence-corrected chi connectivity index (χ0v) is 11.8. The molecule has 0 amide bonds. The Kier molecular flexibility index (Phi) is 5.09. The average molecular weight is 292 g/mol. The lowest BCUT2D eigenvalue weighted by molar-refractivity contribution is -0.137. The molecule has 0 aliphatic heterocycles. The predicted octanol–water partition coefficient (Wildman–Crippen LogP) is 1.70. The number of nitrogens with one attached hydrogen (secondary N) is 1. The van der Waals surface area contributed by atoms with Gasteiger partial charge in [0, 0.05) is 11.8 Å². The van der Waals surface area contributed by atoms with Gasteiger partial charge in [-0.2, -0.15) is 0 Å². The Morgan fingerprint density at radius 3 is 2.78 bits per heavy atom. The van der Waals surface area contributed by atoms with Gasteiger partial charge in [0.05, 0.1) is 10.9 Å². The van der Waals surface area contributed by atoms with Crippen LogP contribution in [0, 0.1) is 0 Å². The Hall–Kier alpha value is -1.15. The third-order valence-corrected chi connectivity index (χ3v) is 4.88. The van der Waals surface area contributed by atoms with Crippen LogP contribution in [0.25, 0.3) is 0 Å². The molecule has 18 heavy (non-hydrogen) atoms. The summed E-state index contributed by atoms with van der Waals surface area (Å²) in [5, 5.41) is 10.0. The molecular weight excluding hydrogens is 276 g/mol. The molecular formula is C10H16N2O4S2. The summed E-state index contributed by atoms with van der Waals surface area (Å²) >= 11 is 1.20. The topological polar surface area (TPSA) is 96.4 Å². The molecule has 0 aliphatic carbocycles. The van der Waals surface area contributed by atoms with E-state index < -0.39 is 21.2 Å². The van der Waals surface area contributed by atoms with Crippen LogP contribution in [0.15, 0.2) is 5.38 Å². The normalized spacial score (nSPS) is 11.7. The van der Waals surface area contributed by atoms with E-state index in [1.807, 2.05) is 0 Å². The summed E-state index contributed by atoms with van der Waals surface area (Å²) < 4.78 is 25.6. The van der Waals surface area contributed by atoms with Gasteiger partial charge in [0.2, 0.25) is 10.0 Å². The zero-order chi connectivity index (χ0) is 13.8. The van der Waals surface area contributed by atoms with Crippen LogP contribution in [0.1, 0.15) is 32.4 Å². The van der Waals surface area contributed by atoms with Gasteiger partial charge in [0.25, 0.3) is 0 Å². The summed E-state index contributed by atoms with van der Waals surface area (Å²) in [7, 11) is -3.37. The molecule has 1 rings (SSSR count). The number of nitrogens with zero attached hydrogens (tertiary/aromatic N) is 1. The van der Waals surface area contributed by atoms with Crippen LogP contribution in [0.2, 0.25) is 0 Å². The van der Waals surface area contributed by atoms with Crippen molar-refractivity contribution in [3.8, 4) is 0 Å². The highest BCUT2D eigenvalue weighted by Gasteiger charge is 2.17. The molecule has 0 saturated heterocycles. The second-order valence-corrected chi connectivity index (χ2v) is 7.18. The lowest BCUT2D eigenvalue weighted by Crippen LogP contribution is -2.22. The van der Waals surface area contributed by atoms with E-state index in [4.69, 9.17) is 5.11 Å². The van der Waals surface area contributed by atoms with Crippen molar-refractivity contribution < 1.29 is 18.3 Å². The maximum atomic E-state index is 11.6. The number of hydrogen-bond donors (Lipinski definition) is 2. The molecule has 1 aromatic rings. The van der Waals surface area contributed by atoms with E-state index in [2.05, 4.69) is 9.71 Å². The number of aryl methyl sites for hydroxylation is 1. The van der Waals surface area contributed by atoms with E-state index >= 15 is 0 Å². The number of carboxylic acid groups (broad SMARTS) is 1. The highest BCUT2D eigenvalue weighted by atomic mass is 32.2. The third-order valence-electron chi connectivity index (χ3n) is 2.23. The number of hydrogen-bond acceptors (Lipinski definition) is 5. The summed E-state index contributed by atoms with van der Waals surface area (Å²) in [6, 6.07) is 0. The van der Waals surface area contributed by atoms with Crippen LogP contribution in [0.4, 0.5) is 5.13 Å². The Bertz CT molecular complexity index is 508.